The molecule has 0 N–H and O–H groups in total. The standard InChI is InChI=1S/C45H29N3O2P2/c1-30-22-43-45-44(23-30)52(50,38-16-6-3-7-17-38)42-27-36(34-13-9-11-32(25-34)29-47)19-21-40(42)48(45)39-20-18-35(33-12-8-10-31(24-33)28-46)26-41(39)51(43,49)37-14-4-2-5-15-37/h2-27H,1H3. The van der Waals surface area contributed by atoms with E-state index in [1.54, 1.807) is 12.1 Å². The summed E-state index contributed by atoms with van der Waals surface area (Å²) >= 11 is 0. The van der Waals surface area contributed by atoms with Crippen molar-refractivity contribution in [1.29, 1.82) is 10.5 Å². The van der Waals surface area contributed by atoms with Crippen LogP contribution in [0.1, 0.15) is 16.7 Å². The number of fused-ring (bicyclic) bond motifs is 4. The molecule has 0 aliphatic carbocycles. The lowest BCUT2D eigenvalue weighted by Crippen LogP contribution is -2.46. The maximum absolute atomic E-state index is 16.3. The zero-order valence-electron chi connectivity index (χ0n) is 28.1. The summed E-state index contributed by atoms with van der Waals surface area (Å²) < 4.78 is 32.7. The van der Waals surface area contributed by atoms with Gasteiger partial charge in [-0.1, -0.05) is 97.1 Å². The smallest absolute Gasteiger partial charge is 0.175 e. The van der Waals surface area contributed by atoms with Crippen LogP contribution < -0.4 is 36.7 Å². The molecule has 0 saturated heterocycles. The molecule has 7 aromatic carbocycles. The summed E-state index contributed by atoms with van der Waals surface area (Å²) in [5.41, 5.74) is 7.57. The van der Waals surface area contributed by atoms with Crippen molar-refractivity contribution in [2.24, 2.45) is 0 Å². The third kappa shape index (κ3) is 4.61. The van der Waals surface area contributed by atoms with Gasteiger partial charge in [0.25, 0.3) is 0 Å². The minimum absolute atomic E-state index is 0.546. The van der Waals surface area contributed by atoms with E-state index in [1.165, 1.54) is 0 Å². The number of hydrogen-bond acceptors (Lipinski definition) is 5. The second-order valence-electron chi connectivity index (χ2n) is 13.2. The lowest BCUT2D eigenvalue weighted by molar-refractivity contribution is 0.592. The van der Waals surface area contributed by atoms with E-state index in [9.17, 15) is 10.5 Å². The molecule has 0 radical (unpaired) electrons. The van der Waals surface area contributed by atoms with Crippen LogP contribution in [0.5, 0.6) is 0 Å². The largest absolute Gasteiger partial charge is 0.308 e. The normalized spacial score (nSPS) is 17.9. The molecule has 9 rings (SSSR count). The minimum Gasteiger partial charge on any atom is -0.308 e. The highest BCUT2D eigenvalue weighted by Gasteiger charge is 2.50. The predicted octanol–water partition coefficient (Wildman–Crippen LogP) is 8.45. The average molecular weight is 706 g/mol. The van der Waals surface area contributed by atoms with Crippen LogP contribution in [0.4, 0.5) is 17.1 Å². The molecule has 0 fully saturated rings. The molecule has 2 aliphatic rings. The van der Waals surface area contributed by atoms with Gasteiger partial charge in [0.2, 0.25) is 0 Å². The Morgan fingerprint density at radius 1 is 0.462 bits per heavy atom. The van der Waals surface area contributed by atoms with Gasteiger partial charge in [-0.25, -0.2) is 0 Å². The first-order valence-corrected chi connectivity index (χ1v) is 20.3. The molecule has 2 aliphatic heterocycles. The molecule has 0 aromatic heterocycles. The van der Waals surface area contributed by atoms with Crippen LogP contribution >= 0.6 is 14.3 Å². The Bertz CT molecular complexity index is 2610. The number of aryl methyl sites for hydroxylation is 1. The lowest BCUT2D eigenvalue weighted by Gasteiger charge is -2.44. The van der Waals surface area contributed by atoms with Crippen LogP contribution in [0.25, 0.3) is 22.3 Å². The number of benzene rings is 7. The topological polar surface area (TPSA) is 85.0 Å². The molecule has 2 atom stereocenters. The van der Waals surface area contributed by atoms with Crippen LogP contribution in [0.15, 0.2) is 158 Å². The van der Waals surface area contributed by atoms with Gasteiger partial charge in [-0.15, -0.1) is 0 Å². The van der Waals surface area contributed by atoms with E-state index in [4.69, 9.17) is 0 Å². The average Bonchev–Trinajstić information content (AvgIpc) is 3.21. The van der Waals surface area contributed by atoms with Gasteiger partial charge in [0.1, 0.15) is 0 Å². The lowest BCUT2D eigenvalue weighted by atomic mass is 10.0. The Kier molecular flexibility index (Phi) is 7.29. The zero-order chi connectivity index (χ0) is 35.6. The van der Waals surface area contributed by atoms with Gasteiger partial charge in [-0.3, -0.25) is 0 Å². The van der Waals surface area contributed by atoms with Gasteiger partial charge in [-0.2, -0.15) is 10.5 Å². The summed E-state index contributed by atoms with van der Waals surface area (Å²) in [4.78, 5) is 2.15. The molecule has 0 amide bonds. The molecule has 0 bridgehead atoms. The van der Waals surface area contributed by atoms with E-state index in [1.807, 2.05) is 153 Å². The van der Waals surface area contributed by atoms with Gasteiger partial charge in [0.05, 0.1) is 40.3 Å². The van der Waals surface area contributed by atoms with E-state index in [0.717, 1.165) is 39.2 Å². The van der Waals surface area contributed by atoms with Crippen molar-refractivity contribution >= 4 is 63.2 Å². The van der Waals surface area contributed by atoms with Crippen molar-refractivity contribution in [3.63, 3.8) is 0 Å². The Labute approximate surface area is 302 Å². The van der Waals surface area contributed by atoms with Crippen LogP contribution in [-0.4, -0.2) is 0 Å². The van der Waals surface area contributed by atoms with E-state index in [2.05, 4.69) is 17.0 Å². The fourth-order valence-electron chi connectivity index (χ4n) is 7.74. The maximum atomic E-state index is 16.3. The first-order chi connectivity index (χ1) is 25.3. The Morgan fingerprint density at radius 3 is 1.31 bits per heavy atom. The summed E-state index contributed by atoms with van der Waals surface area (Å²) in [5, 5.41) is 23.4. The van der Waals surface area contributed by atoms with Crippen molar-refractivity contribution in [3.05, 3.63) is 174 Å². The van der Waals surface area contributed by atoms with E-state index >= 15 is 9.13 Å². The quantitative estimate of drug-likeness (QED) is 0.172. The highest BCUT2D eigenvalue weighted by Crippen LogP contribution is 2.61. The third-order valence-electron chi connectivity index (χ3n) is 10.1. The summed E-state index contributed by atoms with van der Waals surface area (Å²) in [6, 6.07) is 54.7. The van der Waals surface area contributed by atoms with Crippen LogP contribution in [-0.2, 0) is 9.13 Å². The highest BCUT2D eigenvalue weighted by atomic mass is 31.2. The minimum atomic E-state index is -3.57. The maximum Gasteiger partial charge on any atom is 0.175 e. The third-order valence-corrected chi connectivity index (χ3v) is 16.3. The van der Waals surface area contributed by atoms with Crippen molar-refractivity contribution in [1.82, 2.24) is 0 Å². The van der Waals surface area contributed by atoms with Gasteiger partial charge >= 0.3 is 0 Å². The summed E-state index contributed by atoms with van der Waals surface area (Å²) in [5.74, 6) is 0. The van der Waals surface area contributed by atoms with Crippen molar-refractivity contribution in [3.8, 4) is 34.4 Å². The SMILES string of the molecule is Cc1cc2c3c(c1)P(=O)(c1ccccc1)c1cc(-c4cccc(C#N)c4)ccc1N3c1ccc(-c3cccc(C#N)c3)cc1P2(=O)c1ccccc1. The first kappa shape index (κ1) is 31.7. The second-order valence-corrected chi connectivity index (χ2v) is 18.6. The van der Waals surface area contributed by atoms with Crippen molar-refractivity contribution in [2.75, 3.05) is 4.90 Å². The highest BCUT2D eigenvalue weighted by molar-refractivity contribution is 7.88. The van der Waals surface area contributed by atoms with Gasteiger partial charge in [0.15, 0.2) is 14.3 Å². The second kappa shape index (κ2) is 11.9. The van der Waals surface area contributed by atoms with E-state index in [0.29, 0.717) is 48.6 Å². The van der Waals surface area contributed by atoms with Crippen LogP contribution in [0.3, 0.4) is 0 Å². The summed E-state index contributed by atoms with van der Waals surface area (Å²) in [6.45, 7) is 1.98. The van der Waals surface area contributed by atoms with Gasteiger partial charge in [0, 0.05) is 31.8 Å². The number of nitriles is 2. The molecule has 7 heteroatoms. The molecule has 0 spiro atoms. The van der Waals surface area contributed by atoms with Crippen molar-refractivity contribution in [2.45, 2.75) is 6.92 Å². The van der Waals surface area contributed by atoms with Gasteiger partial charge < -0.3 is 14.0 Å². The fourth-order valence-corrected chi connectivity index (χ4v) is 14.1. The number of nitrogens with zero attached hydrogens (tertiary/aromatic N) is 3. The summed E-state index contributed by atoms with van der Waals surface area (Å²) in [7, 11) is -7.13. The fraction of sp³-hybridized carbons (Fsp3) is 0.0222. The monoisotopic (exact) mass is 705 g/mol. The molecule has 7 aromatic rings. The van der Waals surface area contributed by atoms with Crippen molar-refractivity contribution < 1.29 is 9.13 Å². The Balaban J connectivity index is 1.40. The molecule has 0 saturated carbocycles. The van der Waals surface area contributed by atoms with E-state index < -0.39 is 14.3 Å². The molecular weight excluding hydrogens is 676 g/mol. The Morgan fingerprint density at radius 2 is 0.885 bits per heavy atom. The first-order valence-electron chi connectivity index (χ1n) is 16.9. The molecule has 52 heavy (non-hydrogen) atoms. The predicted molar refractivity (Wildman–Crippen MR) is 212 cm³/mol. The van der Waals surface area contributed by atoms with E-state index in [-0.39, 0.29) is 0 Å². The molecular formula is C45H29N3O2P2. The molecule has 2 unspecified atom stereocenters. The molecule has 5 nitrogen and oxygen atoms in total. The number of hydrogen-bond donors (Lipinski definition) is 0. The molecule has 2 heterocycles. The summed E-state index contributed by atoms with van der Waals surface area (Å²) in [6.07, 6.45) is 0. The Hall–Kier alpha value is -6.22. The zero-order valence-corrected chi connectivity index (χ0v) is 29.9. The number of anilines is 3. The van der Waals surface area contributed by atoms with Gasteiger partial charge in [-0.05, 0) is 95.4 Å². The number of rotatable bonds is 4. The van der Waals surface area contributed by atoms with Crippen LogP contribution in [0, 0.1) is 29.6 Å². The molecule has 246 valence electrons. The van der Waals surface area contributed by atoms with Crippen LogP contribution in [0.2, 0.25) is 0 Å².